The highest BCUT2D eigenvalue weighted by molar-refractivity contribution is 5.89. The highest BCUT2D eigenvalue weighted by Crippen LogP contribution is 2.26. The molecule has 0 aromatic carbocycles. The van der Waals surface area contributed by atoms with E-state index in [2.05, 4.69) is 20.4 Å². The van der Waals surface area contributed by atoms with Gasteiger partial charge in [-0.05, 0) is 18.9 Å². The molecule has 27 heavy (non-hydrogen) atoms. The number of hydrogen-bond donors (Lipinski definition) is 2. The largest absolute Gasteiger partial charge is 0.481 e. The molecule has 0 aliphatic carbocycles. The molecule has 0 spiro atoms. The van der Waals surface area contributed by atoms with Crippen LogP contribution in [0.2, 0.25) is 0 Å². The van der Waals surface area contributed by atoms with Crippen LogP contribution in [0.15, 0.2) is 24.5 Å². The predicted octanol–water partition coefficient (Wildman–Crippen LogP) is 2.29. The molecule has 1 saturated heterocycles. The maximum atomic E-state index is 12.7. The van der Waals surface area contributed by atoms with Crippen LogP contribution >= 0.6 is 0 Å². The van der Waals surface area contributed by atoms with Crippen molar-refractivity contribution in [3.05, 3.63) is 30.2 Å². The number of carbonyl (C=O) groups excluding carboxylic acids is 1. The number of anilines is 1. The van der Waals surface area contributed by atoms with Crippen molar-refractivity contribution in [1.82, 2.24) is 24.6 Å². The quantitative estimate of drug-likeness (QED) is 0.855. The number of carboxylic acids is 1. The number of piperidine rings is 1. The van der Waals surface area contributed by atoms with Crippen LogP contribution in [0.4, 0.5) is 10.6 Å². The van der Waals surface area contributed by atoms with Gasteiger partial charge in [0.05, 0.1) is 11.6 Å². The van der Waals surface area contributed by atoms with E-state index in [4.69, 9.17) is 0 Å². The van der Waals surface area contributed by atoms with Crippen LogP contribution in [0.3, 0.4) is 0 Å². The fourth-order valence-electron chi connectivity index (χ4n) is 2.94. The fraction of sp³-hybridized carbons (Fsp3) is 0.500. The maximum Gasteiger partial charge on any atom is 0.323 e. The molecule has 1 atom stereocenters. The second-order valence-corrected chi connectivity index (χ2v) is 7.68. The highest BCUT2D eigenvalue weighted by Gasteiger charge is 2.29. The first-order valence-electron chi connectivity index (χ1n) is 8.92. The van der Waals surface area contributed by atoms with Gasteiger partial charge in [0.1, 0.15) is 5.82 Å². The molecule has 144 valence electrons. The summed E-state index contributed by atoms with van der Waals surface area (Å²) in [5.41, 5.74) is 0.561. The molecule has 9 nitrogen and oxygen atoms in total. The summed E-state index contributed by atoms with van der Waals surface area (Å²) in [5, 5.41) is 16.6. The Morgan fingerprint density at radius 1 is 1.26 bits per heavy atom. The average molecular weight is 372 g/mol. The van der Waals surface area contributed by atoms with Gasteiger partial charge >= 0.3 is 12.0 Å². The first-order valence-corrected chi connectivity index (χ1v) is 8.92. The Hall–Kier alpha value is -2.97. The van der Waals surface area contributed by atoms with Gasteiger partial charge in [-0.2, -0.15) is 9.78 Å². The number of nitrogens with zero attached hydrogens (tertiary/aromatic N) is 5. The minimum atomic E-state index is -0.870. The number of carboxylic acid groups (broad SMARTS) is 1. The summed E-state index contributed by atoms with van der Waals surface area (Å²) in [6.45, 7) is 6.80. The van der Waals surface area contributed by atoms with Crippen molar-refractivity contribution in [3.8, 4) is 5.95 Å². The minimum absolute atomic E-state index is 0.198. The number of hydrogen-bond acceptors (Lipinski definition) is 5. The second kappa shape index (κ2) is 7.34. The molecule has 0 radical (unpaired) electrons. The topological polar surface area (TPSA) is 113 Å². The van der Waals surface area contributed by atoms with Gasteiger partial charge in [-0.1, -0.05) is 20.8 Å². The molecule has 2 aromatic rings. The Kier molecular flexibility index (Phi) is 5.11. The molecule has 1 unspecified atom stereocenters. The second-order valence-electron chi connectivity index (χ2n) is 7.68. The average Bonchev–Trinajstić information content (AvgIpc) is 3.06. The summed E-state index contributed by atoms with van der Waals surface area (Å²) in [4.78, 5) is 33.9. The molecule has 0 bridgehead atoms. The lowest BCUT2D eigenvalue weighted by atomic mass is 9.92. The van der Waals surface area contributed by atoms with Crippen LogP contribution in [-0.4, -0.2) is 54.8 Å². The van der Waals surface area contributed by atoms with Crippen molar-refractivity contribution in [2.24, 2.45) is 5.92 Å². The van der Waals surface area contributed by atoms with Gasteiger partial charge in [0.2, 0.25) is 0 Å². The molecule has 2 amide bonds. The van der Waals surface area contributed by atoms with Gasteiger partial charge in [-0.3, -0.25) is 10.1 Å². The zero-order valence-corrected chi connectivity index (χ0v) is 15.7. The van der Waals surface area contributed by atoms with Gasteiger partial charge in [0.25, 0.3) is 5.95 Å². The molecule has 2 N–H and O–H groups in total. The van der Waals surface area contributed by atoms with Gasteiger partial charge < -0.3 is 10.0 Å². The Bertz CT molecular complexity index is 827. The van der Waals surface area contributed by atoms with E-state index >= 15 is 0 Å². The molecule has 1 aliphatic heterocycles. The number of rotatable bonds is 3. The first-order chi connectivity index (χ1) is 12.8. The molecule has 3 heterocycles. The van der Waals surface area contributed by atoms with Crippen molar-refractivity contribution < 1.29 is 14.7 Å². The Morgan fingerprint density at radius 3 is 2.59 bits per heavy atom. The number of nitrogens with one attached hydrogen (secondary N) is 1. The SMILES string of the molecule is CC(C)(C)c1cc(NC(=O)N2CCCC(C(=O)O)C2)n(-c2ncccn2)n1. The van der Waals surface area contributed by atoms with E-state index in [9.17, 15) is 14.7 Å². The van der Waals surface area contributed by atoms with Gasteiger partial charge in [0, 0.05) is 37.0 Å². The van der Waals surface area contributed by atoms with Crippen LogP contribution in [0.5, 0.6) is 0 Å². The Balaban J connectivity index is 1.86. The molecular weight excluding hydrogens is 348 g/mol. The first kappa shape index (κ1) is 18.8. The van der Waals surface area contributed by atoms with E-state index in [-0.39, 0.29) is 18.0 Å². The molecule has 9 heteroatoms. The van der Waals surface area contributed by atoms with E-state index in [0.717, 1.165) is 5.69 Å². The number of aliphatic carboxylic acids is 1. The summed E-state index contributed by atoms with van der Waals surface area (Å²) in [5.74, 6) is -0.596. The van der Waals surface area contributed by atoms with E-state index in [0.29, 0.717) is 31.2 Å². The van der Waals surface area contributed by atoms with Gasteiger partial charge in [0.15, 0.2) is 0 Å². The lowest BCUT2D eigenvalue weighted by Crippen LogP contribution is -2.44. The van der Waals surface area contributed by atoms with E-state index in [1.807, 2.05) is 20.8 Å². The molecule has 1 fully saturated rings. The third kappa shape index (κ3) is 4.24. The van der Waals surface area contributed by atoms with Crippen LogP contribution in [0.1, 0.15) is 39.3 Å². The summed E-state index contributed by atoms with van der Waals surface area (Å²) in [7, 11) is 0. The maximum absolute atomic E-state index is 12.7. The lowest BCUT2D eigenvalue weighted by Gasteiger charge is -2.30. The van der Waals surface area contributed by atoms with Crippen molar-refractivity contribution in [2.45, 2.75) is 39.0 Å². The number of likely N-dealkylation sites (tertiary alicyclic amines) is 1. The van der Waals surface area contributed by atoms with Crippen LogP contribution in [0.25, 0.3) is 5.95 Å². The highest BCUT2D eigenvalue weighted by atomic mass is 16.4. The molecule has 1 aliphatic rings. The normalized spacial score (nSPS) is 17.6. The number of amides is 2. The van der Waals surface area contributed by atoms with Gasteiger partial charge in [-0.15, -0.1) is 0 Å². The third-order valence-corrected chi connectivity index (χ3v) is 4.51. The van der Waals surface area contributed by atoms with Crippen molar-refractivity contribution in [3.63, 3.8) is 0 Å². The zero-order chi connectivity index (χ0) is 19.6. The minimum Gasteiger partial charge on any atom is -0.481 e. The zero-order valence-electron chi connectivity index (χ0n) is 15.7. The van der Waals surface area contributed by atoms with Crippen molar-refractivity contribution in [2.75, 3.05) is 18.4 Å². The lowest BCUT2D eigenvalue weighted by molar-refractivity contribution is -0.143. The number of carbonyl (C=O) groups is 2. The predicted molar refractivity (Wildman–Crippen MR) is 98.8 cm³/mol. The van der Waals surface area contributed by atoms with E-state index < -0.39 is 11.9 Å². The van der Waals surface area contributed by atoms with E-state index in [1.165, 1.54) is 9.58 Å². The Labute approximate surface area is 157 Å². The summed E-state index contributed by atoms with van der Waals surface area (Å²) < 4.78 is 1.50. The molecule has 2 aromatic heterocycles. The molecule has 0 saturated carbocycles. The van der Waals surface area contributed by atoms with Crippen LogP contribution in [-0.2, 0) is 10.2 Å². The summed E-state index contributed by atoms with van der Waals surface area (Å²) >= 11 is 0. The van der Waals surface area contributed by atoms with Crippen molar-refractivity contribution in [1.29, 1.82) is 0 Å². The van der Waals surface area contributed by atoms with E-state index in [1.54, 1.807) is 24.5 Å². The molecular formula is C18H24N6O3. The van der Waals surface area contributed by atoms with Crippen LogP contribution in [0, 0.1) is 5.92 Å². The molecule has 3 rings (SSSR count). The Morgan fingerprint density at radius 2 is 1.96 bits per heavy atom. The van der Waals surface area contributed by atoms with Crippen molar-refractivity contribution >= 4 is 17.8 Å². The number of urea groups is 1. The number of aromatic nitrogens is 4. The smallest absolute Gasteiger partial charge is 0.323 e. The van der Waals surface area contributed by atoms with Crippen LogP contribution < -0.4 is 5.32 Å². The third-order valence-electron chi connectivity index (χ3n) is 4.51. The monoisotopic (exact) mass is 372 g/mol. The standard InChI is InChI=1S/C18H24N6O3/c1-18(2,3)13-10-14(24(22-13)16-19-7-5-8-20-16)21-17(27)23-9-4-6-12(11-23)15(25)26/h5,7-8,10,12H,4,6,9,11H2,1-3H3,(H,21,27)(H,25,26). The fourth-order valence-corrected chi connectivity index (χ4v) is 2.94. The van der Waals surface area contributed by atoms with Gasteiger partial charge in [-0.25, -0.2) is 14.8 Å². The summed E-state index contributed by atoms with van der Waals surface area (Å²) in [6.07, 6.45) is 4.46. The summed E-state index contributed by atoms with van der Waals surface area (Å²) in [6, 6.07) is 3.15.